The standard InChI is InChI=1S/C11H14N2O3/c1-11(2,10(15)16)7-13-9(14)8-4-3-5-12-6-8/h3-6H,7H2,1-2H3,(H,13,14)(H,15,16). The molecule has 5 nitrogen and oxygen atoms in total. The molecule has 0 aliphatic heterocycles. The van der Waals surface area contributed by atoms with Crippen LogP contribution in [0.4, 0.5) is 0 Å². The van der Waals surface area contributed by atoms with Gasteiger partial charge in [0, 0.05) is 18.9 Å². The Hall–Kier alpha value is -1.91. The van der Waals surface area contributed by atoms with E-state index in [4.69, 9.17) is 5.11 Å². The lowest BCUT2D eigenvalue weighted by Gasteiger charge is -2.19. The summed E-state index contributed by atoms with van der Waals surface area (Å²) < 4.78 is 0. The molecule has 2 N–H and O–H groups in total. The van der Waals surface area contributed by atoms with Crippen LogP contribution >= 0.6 is 0 Å². The van der Waals surface area contributed by atoms with Crippen LogP contribution in [-0.4, -0.2) is 28.5 Å². The highest BCUT2D eigenvalue weighted by molar-refractivity contribution is 5.94. The fraction of sp³-hybridized carbons (Fsp3) is 0.364. The SMILES string of the molecule is CC(C)(CNC(=O)c1cccnc1)C(=O)O. The number of hydrogen-bond donors (Lipinski definition) is 2. The number of carboxylic acids is 1. The van der Waals surface area contributed by atoms with Crippen molar-refractivity contribution in [3.63, 3.8) is 0 Å². The van der Waals surface area contributed by atoms with Crippen LogP contribution in [0.5, 0.6) is 0 Å². The van der Waals surface area contributed by atoms with E-state index in [1.165, 1.54) is 6.20 Å². The molecule has 0 spiro atoms. The summed E-state index contributed by atoms with van der Waals surface area (Å²) in [5, 5.41) is 11.4. The largest absolute Gasteiger partial charge is 0.481 e. The van der Waals surface area contributed by atoms with Crippen LogP contribution in [0, 0.1) is 5.41 Å². The van der Waals surface area contributed by atoms with E-state index in [9.17, 15) is 9.59 Å². The van der Waals surface area contributed by atoms with Gasteiger partial charge in [-0.15, -0.1) is 0 Å². The lowest BCUT2D eigenvalue weighted by molar-refractivity contribution is -0.146. The van der Waals surface area contributed by atoms with Gasteiger partial charge in [-0.05, 0) is 26.0 Å². The van der Waals surface area contributed by atoms with Crippen LogP contribution < -0.4 is 5.32 Å². The molecule has 1 aromatic heterocycles. The molecule has 1 aromatic rings. The minimum atomic E-state index is -0.974. The third-order valence-electron chi connectivity index (χ3n) is 2.19. The normalized spacial score (nSPS) is 10.9. The Morgan fingerprint density at radius 2 is 2.19 bits per heavy atom. The van der Waals surface area contributed by atoms with E-state index in [0.717, 1.165) is 0 Å². The number of rotatable bonds is 4. The second kappa shape index (κ2) is 4.74. The van der Waals surface area contributed by atoms with E-state index in [0.29, 0.717) is 5.56 Å². The summed E-state index contributed by atoms with van der Waals surface area (Å²) in [4.78, 5) is 26.2. The number of aliphatic carboxylic acids is 1. The molecular formula is C11H14N2O3. The zero-order valence-electron chi connectivity index (χ0n) is 9.23. The molecule has 1 heterocycles. The average molecular weight is 222 g/mol. The Morgan fingerprint density at radius 1 is 1.50 bits per heavy atom. The van der Waals surface area contributed by atoms with Gasteiger partial charge in [-0.3, -0.25) is 14.6 Å². The van der Waals surface area contributed by atoms with Crippen molar-refractivity contribution in [3.8, 4) is 0 Å². The molecule has 0 aromatic carbocycles. The number of nitrogens with one attached hydrogen (secondary N) is 1. The third kappa shape index (κ3) is 3.05. The number of hydrogen-bond acceptors (Lipinski definition) is 3. The first-order valence-corrected chi connectivity index (χ1v) is 4.85. The molecule has 0 saturated carbocycles. The van der Waals surface area contributed by atoms with E-state index in [-0.39, 0.29) is 12.5 Å². The van der Waals surface area contributed by atoms with Gasteiger partial charge < -0.3 is 10.4 Å². The molecule has 1 rings (SSSR count). The van der Waals surface area contributed by atoms with Gasteiger partial charge in [0.25, 0.3) is 5.91 Å². The van der Waals surface area contributed by atoms with Crippen molar-refractivity contribution in [2.75, 3.05) is 6.54 Å². The Morgan fingerprint density at radius 3 is 2.69 bits per heavy atom. The molecule has 0 radical (unpaired) electrons. The summed E-state index contributed by atoms with van der Waals surface area (Å²) in [5.74, 6) is -1.26. The maximum absolute atomic E-state index is 11.6. The number of amides is 1. The molecule has 86 valence electrons. The summed E-state index contributed by atoms with van der Waals surface area (Å²) in [6, 6.07) is 3.27. The topological polar surface area (TPSA) is 79.3 Å². The first-order chi connectivity index (χ1) is 7.43. The fourth-order valence-corrected chi connectivity index (χ4v) is 0.976. The number of carbonyl (C=O) groups excluding carboxylic acids is 1. The van der Waals surface area contributed by atoms with Crippen LogP contribution in [0.1, 0.15) is 24.2 Å². The number of carbonyl (C=O) groups is 2. The highest BCUT2D eigenvalue weighted by Gasteiger charge is 2.27. The van der Waals surface area contributed by atoms with Gasteiger partial charge in [0.2, 0.25) is 0 Å². The van der Waals surface area contributed by atoms with E-state index in [2.05, 4.69) is 10.3 Å². The molecule has 0 fully saturated rings. The quantitative estimate of drug-likeness (QED) is 0.794. The smallest absolute Gasteiger partial charge is 0.310 e. The van der Waals surface area contributed by atoms with Crippen LogP contribution in [0.2, 0.25) is 0 Å². The van der Waals surface area contributed by atoms with Gasteiger partial charge in [-0.1, -0.05) is 0 Å². The maximum Gasteiger partial charge on any atom is 0.310 e. The third-order valence-corrected chi connectivity index (χ3v) is 2.19. The fourth-order valence-electron chi connectivity index (χ4n) is 0.976. The number of pyridine rings is 1. The lowest BCUT2D eigenvalue weighted by Crippen LogP contribution is -2.38. The van der Waals surface area contributed by atoms with Gasteiger partial charge in [-0.25, -0.2) is 0 Å². The molecule has 0 unspecified atom stereocenters. The zero-order chi connectivity index (χ0) is 12.2. The minimum Gasteiger partial charge on any atom is -0.481 e. The summed E-state index contributed by atoms with van der Waals surface area (Å²) in [6.07, 6.45) is 3.00. The van der Waals surface area contributed by atoms with Crippen molar-refractivity contribution in [2.24, 2.45) is 5.41 Å². The molecule has 0 aliphatic rings. The molecule has 5 heteroatoms. The predicted molar refractivity (Wildman–Crippen MR) is 58.0 cm³/mol. The summed E-state index contributed by atoms with van der Waals surface area (Å²) >= 11 is 0. The van der Waals surface area contributed by atoms with Crippen molar-refractivity contribution >= 4 is 11.9 Å². The monoisotopic (exact) mass is 222 g/mol. The van der Waals surface area contributed by atoms with Gasteiger partial charge in [-0.2, -0.15) is 0 Å². The second-order valence-electron chi connectivity index (χ2n) is 4.11. The minimum absolute atomic E-state index is 0.0794. The van der Waals surface area contributed by atoms with E-state index >= 15 is 0 Å². The van der Waals surface area contributed by atoms with Crippen molar-refractivity contribution in [3.05, 3.63) is 30.1 Å². The highest BCUT2D eigenvalue weighted by atomic mass is 16.4. The Balaban J connectivity index is 2.58. The van der Waals surface area contributed by atoms with Gasteiger partial charge in [0.15, 0.2) is 0 Å². The summed E-state index contributed by atoms with van der Waals surface area (Å²) in [6.45, 7) is 3.19. The molecule has 0 saturated heterocycles. The van der Waals surface area contributed by atoms with E-state index in [1.54, 1.807) is 32.2 Å². The van der Waals surface area contributed by atoms with Crippen LogP contribution in [0.15, 0.2) is 24.5 Å². The second-order valence-corrected chi connectivity index (χ2v) is 4.11. The molecular weight excluding hydrogens is 208 g/mol. The van der Waals surface area contributed by atoms with Gasteiger partial charge in [0.05, 0.1) is 11.0 Å². The summed E-state index contributed by atoms with van der Waals surface area (Å²) in [5.41, 5.74) is -0.554. The van der Waals surface area contributed by atoms with Gasteiger partial charge in [0.1, 0.15) is 0 Å². The maximum atomic E-state index is 11.6. The van der Waals surface area contributed by atoms with Gasteiger partial charge >= 0.3 is 5.97 Å². The van der Waals surface area contributed by atoms with Crippen LogP contribution in [0.25, 0.3) is 0 Å². The molecule has 16 heavy (non-hydrogen) atoms. The Bertz CT molecular complexity index is 387. The van der Waals surface area contributed by atoms with E-state index < -0.39 is 11.4 Å². The van der Waals surface area contributed by atoms with Crippen molar-refractivity contribution in [1.29, 1.82) is 0 Å². The van der Waals surface area contributed by atoms with E-state index in [1.807, 2.05) is 0 Å². The molecule has 0 bridgehead atoms. The Labute approximate surface area is 93.5 Å². The number of aromatic nitrogens is 1. The average Bonchev–Trinajstić information content (AvgIpc) is 2.27. The van der Waals surface area contributed by atoms with Crippen molar-refractivity contribution < 1.29 is 14.7 Å². The first-order valence-electron chi connectivity index (χ1n) is 4.85. The van der Waals surface area contributed by atoms with Crippen LogP contribution in [0.3, 0.4) is 0 Å². The highest BCUT2D eigenvalue weighted by Crippen LogP contribution is 2.13. The predicted octanol–water partition coefficient (Wildman–Crippen LogP) is 0.922. The van der Waals surface area contributed by atoms with Crippen molar-refractivity contribution in [2.45, 2.75) is 13.8 Å². The summed E-state index contributed by atoms with van der Waals surface area (Å²) in [7, 11) is 0. The Kier molecular flexibility index (Phi) is 3.60. The molecule has 0 aliphatic carbocycles. The first kappa shape index (κ1) is 12.2. The zero-order valence-corrected chi connectivity index (χ0v) is 9.23. The number of carboxylic acid groups (broad SMARTS) is 1. The lowest BCUT2D eigenvalue weighted by atomic mass is 9.94. The van der Waals surface area contributed by atoms with Crippen molar-refractivity contribution in [1.82, 2.24) is 10.3 Å². The van der Waals surface area contributed by atoms with Crippen LogP contribution in [-0.2, 0) is 4.79 Å². The molecule has 1 amide bonds. The molecule has 0 atom stereocenters. The number of nitrogens with zero attached hydrogens (tertiary/aromatic N) is 1.